The minimum atomic E-state index is -4.70. The summed E-state index contributed by atoms with van der Waals surface area (Å²) in [5.74, 6) is -0.277. The molecule has 112 valence electrons. The van der Waals surface area contributed by atoms with Gasteiger partial charge >= 0.3 is 6.36 Å². The second kappa shape index (κ2) is 5.95. The van der Waals surface area contributed by atoms with E-state index in [4.69, 9.17) is 17.3 Å². The van der Waals surface area contributed by atoms with E-state index in [0.29, 0.717) is 10.6 Å². The molecule has 0 aromatic heterocycles. The summed E-state index contributed by atoms with van der Waals surface area (Å²) in [5.41, 5.74) is 8.48. The highest BCUT2D eigenvalue weighted by atomic mass is 35.5. The smallest absolute Gasteiger partial charge is 0.406 e. The molecule has 0 aliphatic rings. The lowest BCUT2D eigenvalue weighted by atomic mass is 9.99. The van der Waals surface area contributed by atoms with Gasteiger partial charge in [-0.3, -0.25) is 0 Å². The third-order valence-electron chi connectivity index (χ3n) is 3.03. The molecular formula is C15H13ClF3NO. The van der Waals surface area contributed by atoms with Gasteiger partial charge in [-0.1, -0.05) is 35.9 Å². The zero-order valence-electron chi connectivity index (χ0n) is 11.1. The van der Waals surface area contributed by atoms with Crippen molar-refractivity contribution >= 4 is 11.6 Å². The summed E-state index contributed by atoms with van der Waals surface area (Å²) in [5, 5.41) is 0.597. The van der Waals surface area contributed by atoms with Gasteiger partial charge in [-0.25, -0.2) is 0 Å². The van der Waals surface area contributed by atoms with Gasteiger partial charge in [0.1, 0.15) is 5.75 Å². The van der Waals surface area contributed by atoms with Gasteiger partial charge < -0.3 is 10.5 Å². The number of hydrogen-bond donors (Lipinski definition) is 1. The molecule has 0 fully saturated rings. The number of halogens is 4. The van der Waals surface area contributed by atoms with Crippen LogP contribution >= 0.6 is 11.6 Å². The van der Waals surface area contributed by atoms with Crippen LogP contribution in [0.15, 0.2) is 42.5 Å². The Bertz CT molecular complexity index is 626. The number of alkyl halides is 3. The fourth-order valence-electron chi connectivity index (χ4n) is 1.87. The fourth-order valence-corrected chi connectivity index (χ4v) is 2.06. The number of benzene rings is 2. The third kappa shape index (κ3) is 4.12. The van der Waals surface area contributed by atoms with Crippen LogP contribution in [0.5, 0.6) is 5.75 Å². The van der Waals surface area contributed by atoms with Crippen molar-refractivity contribution in [1.29, 1.82) is 0 Å². The van der Waals surface area contributed by atoms with Crippen LogP contribution in [0.1, 0.15) is 22.7 Å². The summed E-state index contributed by atoms with van der Waals surface area (Å²) in [6, 6.07) is 10.4. The highest BCUT2D eigenvalue weighted by molar-refractivity contribution is 6.31. The van der Waals surface area contributed by atoms with Gasteiger partial charge in [0.05, 0.1) is 6.04 Å². The summed E-state index contributed by atoms with van der Waals surface area (Å²) in [6.45, 7) is 1.88. The number of ether oxygens (including phenoxy) is 1. The van der Waals surface area contributed by atoms with Crippen LogP contribution in [0.3, 0.4) is 0 Å². The van der Waals surface area contributed by atoms with Crippen molar-refractivity contribution in [1.82, 2.24) is 0 Å². The normalized spacial score (nSPS) is 13.0. The maximum atomic E-state index is 12.1. The van der Waals surface area contributed by atoms with E-state index in [9.17, 15) is 13.2 Å². The molecule has 2 nitrogen and oxygen atoms in total. The van der Waals surface area contributed by atoms with Crippen LogP contribution < -0.4 is 10.5 Å². The average molecular weight is 316 g/mol. The van der Waals surface area contributed by atoms with E-state index in [1.54, 1.807) is 6.07 Å². The summed E-state index contributed by atoms with van der Waals surface area (Å²) >= 11 is 6.04. The Morgan fingerprint density at radius 1 is 1.05 bits per heavy atom. The van der Waals surface area contributed by atoms with Crippen molar-refractivity contribution in [2.75, 3.05) is 0 Å². The number of hydrogen-bond acceptors (Lipinski definition) is 2. The van der Waals surface area contributed by atoms with Gasteiger partial charge in [-0.15, -0.1) is 13.2 Å². The first kappa shape index (κ1) is 15.7. The Balaban J connectivity index is 2.19. The molecule has 2 N–H and O–H groups in total. The molecule has 1 atom stereocenters. The second-order valence-electron chi connectivity index (χ2n) is 4.60. The maximum absolute atomic E-state index is 12.1. The molecule has 0 unspecified atom stereocenters. The summed E-state index contributed by atoms with van der Waals surface area (Å²) in [4.78, 5) is 0. The third-order valence-corrected chi connectivity index (χ3v) is 3.44. The largest absolute Gasteiger partial charge is 0.573 e. The molecule has 0 radical (unpaired) electrons. The minimum absolute atomic E-state index is 0.277. The predicted octanol–water partition coefficient (Wildman–Crippen LogP) is 4.60. The van der Waals surface area contributed by atoms with Gasteiger partial charge in [-0.2, -0.15) is 0 Å². The first-order valence-corrected chi connectivity index (χ1v) is 6.51. The molecule has 0 spiro atoms. The average Bonchev–Trinajstić information content (AvgIpc) is 2.40. The molecule has 0 bridgehead atoms. The van der Waals surface area contributed by atoms with E-state index in [1.807, 2.05) is 19.1 Å². The zero-order valence-corrected chi connectivity index (χ0v) is 11.9. The van der Waals surface area contributed by atoms with Gasteiger partial charge in [-0.05, 0) is 41.8 Å². The SMILES string of the molecule is Cc1ccc([C@@H](N)c2ccc(OC(F)(F)F)cc2)cc1Cl. The molecule has 0 aliphatic carbocycles. The number of nitrogens with two attached hydrogens (primary N) is 1. The standard InChI is InChI=1S/C15H13ClF3NO/c1-9-2-3-11(8-13(9)16)14(20)10-4-6-12(7-5-10)21-15(17,18)19/h2-8,14H,20H2,1H3/t14-/m0/s1. The Hall–Kier alpha value is -1.72. The Morgan fingerprint density at radius 2 is 1.62 bits per heavy atom. The zero-order chi connectivity index (χ0) is 15.6. The monoisotopic (exact) mass is 315 g/mol. The summed E-state index contributed by atoms with van der Waals surface area (Å²) in [6.07, 6.45) is -4.70. The van der Waals surface area contributed by atoms with E-state index >= 15 is 0 Å². The predicted molar refractivity (Wildman–Crippen MR) is 75.3 cm³/mol. The van der Waals surface area contributed by atoms with E-state index in [2.05, 4.69) is 4.74 Å². The molecule has 2 aromatic rings. The second-order valence-corrected chi connectivity index (χ2v) is 5.01. The highest BCUT2D eigenvalue weighted by Crippen LogP contribution is 2.27. The highest BCUT2D eigenvalue weighted by Gasteiger charge is 2.31. The Morgan fingerprint density at radius 3 is 2.14 bits per heavy atom. The molecule has 0 aliphatic heterocycles. The van der Waals surface area contributed by atoms with Crippen molar-refractivity contribution in [3.8, 4) is 5.75 Å². The van der Waals surface area contributed by atoms with Crippen LogP contribution in [-0.2, 0) is 0 Å². The number of rotatable bonds is 3. The minimum Gasteiger partial charge on any atom is -0.406 e. The topological polar surface area (TPSA) is 35.2 Å². The van der Waals surface area contributed by atoms with Crippen molar-refractivity contribution in [3.63, 3.8) is 0 Å². The van der Waals surface area contributed by atoms with Gasteiger partial charge in [0, 0.05) is 5.02 Å². The van der Waals surface area contributed by atoms with Gasteiger partial charge in [0.2, 0.25) is 0 Å². The lowest BCUT2D eigenvalue weighted by Gasteiger charge is -2.15. The van der Waals surface area contributed by atoms with Crippen LogP contribution in [0, 0.1) is 6.92 Å². The Kier molecular flexibility index (Phi) is 4.44. The quantitative estimate of drug-likeness (QED) is 0.898. The van der Waals surface area contributed by atoms with Crippen molar-refractivity contribution in [2.45, 2.75) is 19.3 Å². The number of aryl methyl sites for hydroxylation is 1. The van der Waals surface area contributed by atoms with Crippen molar-refractivity contribution in [2.24, 2.45) is 5.73 Å². The lowest BCUT2D eigenvalue weighted by molar-refractivity contribution is -0.274. The van der Waals surface area contributed by atoms with E-state index in [1.165, 1.54) is 24.3 Å². The van der Waals surface area contributed by atoms with Crippen LogP contribution in [-0.4, -0.2) is 6.36 Å². The van der Waals surface area contributed by atoms with Crippen molar-refractivity contribution in [3.05, 3.63) is 64.2 Å². The first-order valence-electron chi connectivity index (χ1n) is 6.13. The van der Waals surface area contributed by atoms with Gasteiger partial charge in [0.15, 0.2) is 0 Å². The lowest BCUT2D eigenvalue weighted by Crippen LogP contribution is -2.17. The van der Waals surface area contributed by atoms with Gasteiger partial charge in [0.25, 0.3) is 0 Å². The molecular weight excluding hydrogens is 303 g/mol. The molecule has 0 heterocycles. The first-order chi connectivity index (χ1) is 9.76. The summed E-state index contributed by atoms with van der Waals surface area (Å²) in [7, 11) is 0. The maximum Gasteiger partial charge on any atom is 0.573 e. The molecule has 0 saturated carbocycles. The molecule has 0 amide bonds. The summed E-state index contributed by atoms with van der Waals surface area (Å²) < 4.78 is 40.1. The van der Waals surface area contributed by atoms with E-state index in [-0.39, 0.29) is 5.75 Å². The van der Waals surface area contributed by atoms with Crippen molar-refractivity contribution < 1.29 is 17.9 Å². The fraction of sp³-hybridized carbons (Fsp3) is 0.200. The Labute approximate surface area is 125 Å². The molecule has 6 heteroatoms. The van der Waals surface area contributed by atoms with Crippen LogP contribution in [0.2, 0.25) is 5.02 Å². The van der Waals surface area contributed by atoms with E-state index in [0.717, 1.165) is 11.1 Å². The molecule has 2 rings (SSSR count). The molecule has 21 heavy (non-hydrogen) atoms. The molecule has 0 saturated heterocycles. The van der Waals surface area contributed by atoms with E-state index < -0.39 is 12.4 Å². The van der Waals surface area contributed by atoms with Crippen LogP contribution in [0.4, 0.5) is 13.2 Å². The van der Waals surface area contributed by atoms with Crippen LogP contribution in [0.25, 0.3) is 0 Å². The molecule has 2 aromatic carbocycles.